The lowest BCUT2D eigenvalue weighted by Crippen LogP contribution is -2.50. The zero-order chi connectivity index (χ0) is 30.0. The van der Waals surface area contributed by atoms with Crippen LogP contribution >= 0.6 is 0 Å². The molecule has 3 saturated carbocycles. The van der Waals surface area contributed by atoms with Gasteiger partial charge in [0, 0.05) is 12.1 Å². The van der Waals surface area contributed by atoms with Crippen LogP contribution in [0.15, 0.2) is 42.5 Å². The fourth-order valence-electron chi connectivity index (χ4n) is 7.07. The molecule has 2 bridgehead atoms. The largest absolute Gasteiger partial charge is 0.496 e. The second-order valence-corrected chi connectivity index (χ2v) is 12.3. The van der Waals surface area contributed by atoms with Crippen LogP contribution in [0, 0.1) is 34.5 Å². The van der Waals surface area contributed by atoms with E-state index in [4.69, 9.17) is 9.47 Å². The van der Waals surface area contributed by atoms with Crippen molar-refractivity contribution < 1.29 is 29.0 Å². The summed E-state index contributed by atoms with van der Waals surface area (Å²) in [5.41, 5.74) is 0.708. The van der Waals surface area contributed by atoms with Crippen LogP contribution in [0.25, 0.3) is 0 Å². The Labute approximate surface area is 246 Å². The predicted molar refractivity (Wildman–Crippen MR) is 155 cm³/mol. The molecule has 42 heavy (non-hydrogen) atoms. The fraction of sp³-hybridized carbons (Fsp3) is 0.515. The first-order valence-corrected chi connectivity index (χ1v) is 14.8. The molecule has 9 heteroatoms. The van der Waals surface area contributed by atoms with Gasteiger partial charge in [0.2, 0.25) is 5.91 Å². The number of aliphatic carboxylic acids is 1. The number of hydrogen-bond acceptors (Lipinski definition) is 6. The molecule has 0 aliphatic heterocycles. The van der Waals surface area contributed by atoms with E-state index in [-0.39, 0.29) is 70.4 Å². The average Bonchev–Trinajstić information content (AvgIpc) is 3.60. The molecule has 2 aromatic rings. The van der Waals surface area contributed by atoms with Crippen LogP contribution in [0.1, 0.15) is 86.3 Å². The summed E-state index contributed by atoms with van der Waals surface area (Å²) in [6.07, 6.45) is 4.57. The minimum absolute atomic E-state index is 0.0506. The highest BCUT2D eigenvalue weighted by Gasteiger charge is 2.51. The number of nitrogens with one attached hydrogen (secondary N) is 2. The number of nitriles is 1. The molecule has 0 spiro atoms. The molecule has 5 unspecified atom stereocenters. The number of carbonyl (C=O) groups is 3. The number of methoxy groups -OCH3 is 1. The summed E-state index contributed by atoms with van der Waals surface area (Å²) in [5.74, 6) is -0.624. The van der Waals surface area contributed by atoms with Crippen LogP contribution in [-0.4, -0.2) is 42.1 Å². The molecule has 3 fully saturated rings. The summed E-state index contributed by atoms with van der Waals surface area (Å²) >= 11 is 0. The Kier molecular flexibility index (Phi) is 8.44. The molecule has 3 aliphatic carbocycles. The predicted octanol–water partition coefficient (Wildman–Crippen LogP) is 5.00. The van der Waals surface area contributed by atoms with Gasteiger partial charge in [0.05, 0.1) is 41.7 Å². The average molecular weight is 574 g/mol. The standard InChI is InChI=1S/C33H39N3O6/c1-19(20-7-5-4-6-8-20)35-31(38)28-21-9-10-22(15-21)29(28)36-30(37)25-17-26(23(18-34)16-27(25)41-3)42-24-11-13-33(2,14-12-24)32(39)40/h4-8,16-17,19,21-22,24,28-29H,9-15H2,1-3H3,(H,35,38)(H,36,37)(H,39,40). The number of hydrogen-bond donors (Lipinski definition) is 3. The van der Waals surface area contributed by atoms with Crippen molar-refractivity contribution in [2.45, 2.75) is 77.0 Å². The number of ether oxygens (including phenoxy) is 2. The van der Waals surface area contributed by atoms with Gasteiger partial charge in [0.1, 0.15) is 17.6 Å². The lowest BCUT2D eigenvalue weighted by Gasteiger charge is -2.34. The highest BCUT2D eigenvalue weighted by atomic mass is 16.5. The molecule has 5 atom stereocenters. The first-order chi connectivity index (χ1) is 20.1. The van der Waals surface area contributed by atoms with Crippen molar-refractivity contribution in [2.75, 3.05) is 7.11 Å². The first-order valence-electron chi connectivity index (χ1n) is 14.8. The molecule has 2 aromatic carbocycles. The van der Waals surface area contributed by atoms with Gasteiger partial charge in [-0.05, 0) is 82.3 Å². The smallest absolute Gasteiger partial charge is 0.309 e. The van der Waals surface area contributed by atoms with E-state index in [0.29, 0.717) is 25.7 Å². The Balaban J connectivity index is 1.32. The molecule has 0 aromatic heterocycles. The minimum Gasteiger partial charge on any atom is -0.496 e. The number of rotatable bonds is 9. The molecule has 0 saturated heterocycles. The van der Waals surface area contributed by atoms with Crippen molar-refractivity contribution in [3.8, 4) is 17.6 Å². The maximum absolute atomic E-state index is 13.7. The third-order valence-corrected chi connectivity index (χ3v) is 9.69. The molecule has 0 heterocycles. The molecule has 9 nitrogen and oxygen atoms in total. The number of amides is 2. The Morgan fingerprint density at radius 3 is 2.38 bits per heavy atom. The molecule has 3 aliphatic rings. The second kappa shape index (κ2) is 12.0. The number of carbonyl (C=O) groups excluding carboxylic acids is 2. The summed E-state index contributed by atoms with van der Waals surface area (Å²) in [6.45, 7) is 3.71. The van der Waals surface area contributed by atoms with Crippen molar-refractivity contribution in [1.29, 1.82) is 5.26 Å². The quantitative estimate of drug-likeness (QED) is 0.384. The Bertz CT molecular complexity index is 1380. The molecule has 0 radical (unpaired) electrons. The van der Waals surface area contributed by atoms with Crippen molar-refractivity contribution in [3.63, 3.8) is 0 Å². The van der Waals surface area contributed by atoms with E-state index in [1.807, 2.05) is 37.3 Å². The third kappa shape index (κ3) is 5.80. The monoisotopic (exact) mass is 573 g/mol. The zero-order valence-corrected chi connectivity index (χ0v) is 24.4. The third-order valence-electron chi connectivity index (χ3n) is 9.69. The van der Waals surface area contributed by atoms with Crippen molar-refractivity contribution in [1.82, 2.24) is 10.6 Å². The van der Waals surface area contributed by atoms with Gasteiger partial charge in [0.15, 0.2) is 0 Å². The number of carboxylic acid groups (broad SMARTS) is 1. The minimum atomic E-state index is -0.816. The van der Waals surface area contributed by atoms with Gasteiger partial charge < -0.3 is 25.2 Å². The van der Waals surface area contributed by atoms with Crippen LogP contribution in [0.2, 0.25) is 0 Å². The molecular weight excluding hydrogens is 534 g/mol. The molecular formula is C33H39N3O6. The van der Waals surface area contributed by atoms with Gasteiger partial charge in [-0.25, -0.2) is 0 Å². The topological polar surface area (TPSA) is 138 Å². The highest BCUT2D eigenvalue weighted by molar-refractivity contribution is 5.98. The van der Waals surface area contributed by atoms with Crippen LogP contribution in [-0.2, 0) is 9.59 Å². The van der Waals surface area contributed by atoms with Gasteiger partial charge in [-0.1, -0.05) is 30.3 Å². The lowest BCUT2D eigenvalue weighted by atomic mass is 9.75. The Hall–Kier alpha value is -4.06. The van der Waals surface area contributed by atoms with Crippen molar-refractivity contribution >= 4 is 17.8 Å². The summed E-state index contributed by atoms with van der Waals surface area (Å²) < 4.78 is 11.7. The Morgan fingerprint density at radius 2 is 1.74 bits per heavy atom. The number of fused-ring (bicyclic) bond motifs is 2. The highest BCUT2D eigenvalue weighted by Crippen LogP contribution is 2.49. The zero-order valence-electron chi connectivity index (χ0n) is 24.4. The summed E-state index contributed by atoms with van der Waals surface area (Å²) in [6, 6.07) is 14.5. The molecule has 2 amide bonds. The number of nitrogens with zero attached hydrogens (tertiary/aromatic N) is 1. The van der Waals surface area contributed by atoms with E-state index in [0.717, 1.165) is 24.8 Å². The van der Waals surface area contributed by atoms with Crippen LogP contribution in [0.5, 0.6) is 11.5 Å². The first kappa shape index (κ1) is 29.4. The van der Waals surface area contributed by atoms with Crippen LogP contribution < -0.4 is 20.1 Å². The van der Waals surface area contributed by atoms with Gasteiger partial charge in [0.25, 0.3) is 5.91 Å². The lowest BCUT2D eigenvalue weighted by molar-refractivity contribution is -0.150. The maximum atomic E-state index is 13.7. The van der Waals surface area contributed by atoms with E-state index < -0.39 is 11.4 Å². The Morgan fingerprint density at radius 1 is 1.05 bits per heavy atom. The number of benzene rings is 2. The van der Waals surface area contributed by atoms with E-state index in [9.17, 15) is 24.8 Å². The van der Waals surface area contributed by atoms with Gasteiger partial charge in [-0.15, -0.1) is 0 Å². The second-order valence-electron chi connectivity index (χ2n) is 12.3. The van der Waals surface area contributed by atoms with Crippen molar-refractivity contribution in [2.24, 2.45) is 23.2 Å². The maximum Gasteiger partial charge on any atom is 0.309 e. The SMILES string of the molecule is COc1cc(C#N)c(OC2CCC(C)(C(=O)O)CC2)cc1C(=O)NC1C2CCC(C2)C1C(=O)NC(C)c1ccccc1. The summed E-state index contributed by atoms with van der Waals surface area (Å²) in [7, 11) is 1.44. The molecule has 222 valence electrons. The van der Waals surface area contributed by atoms with Crippen molar-refractivity contribution in [3.05, 3.63) is 59.2 Å². The van der Waals surface area contributed by atoms with E-state index in [2.05, 4.69) is 16.7 Å². The van der Waals surface area contributed by atoms with Crippen LogP contribution in [0.4, 0.5) is 0 Å². The van der Waals surface area contributed by atoms with E-state index in [1.165, 1.54) is 19.2 Å². The number of carboxylic acids is 1. The van der Waals surface area contributed by atoms with Gasteiger partial charge in [-0.2, -0.15) is 5.26 Å². The van der Waals surface area contributed by atoms with E-state index in [1.54, 1.807) is 6.92 Å². The molecule has 3 N–H and O–H groups in total. The fourth-order valence-corrected chi connectivity index (χ4v) is 7.07. The van der Waals surface area contributed by atoms with E-state index >= 15 is 0 Å². The summed E-state index contributed by atoms with van der Waals surface area (Å²) in [4.78, 5) is 38.9. The van der Waals surface area contributed by atoms with Crippen LogP contribution in [0.3, 0.4) is 0 Å². The molecule has 5 rings (SSSR count). The van der Waals surface area contributed by atoms with Gasteiger partial charge >= 0.3 is 5.97 Å². The summed E-state index contributed by atoms with van der Waals surface area (Å²) in [5, 5.41) is 25.7. The normalized spacial score (nSPS) is 28.8. The van der Waals surface area contributed by atoms with Gasteiger partial charge in [-0.3, -0.25) is 14.4 Å².